The number of benzene rings is 1. The van der Waals surface area contributed by atoms with Crippen molar-refractivity contribution in [2.24, 2.45) is 5.10 Å². The van der Waals surface area contributed by atoms with E-state index in [1.807, 2.05) is 36.6 Å². The number of aryl methyl sites for hydroxylation is 2. The summed E-state index contributed by atoms with van der Waals surface area (Å²) >= 11 is 1.56. The normalized spacial score (nSPS) is 13.3. The zero-order valence-electron chi connectivity index (χ0n) is 19.7. The quantitative estimate of drug-likeness (QED) is 0.283. The second kappa shape index (κ2) is 9.07. The molecule has 9 heteroatoms. The minimum atomic E-state index is -0.892. The van der Waals surface area contributed by atoms with Crippen LogP contribution >= 0.6 is 11.3 Å². The van der Waals surface area contributed by atoms with Crippen LogP contribution in [0.1, 0.15) is 61.1 Å². The maximum Gasteiger partial charge on any atom is 0.339 e. The van der Waals surface area contributed by atoms with Gasteiger partial charge >= 0.3 is 11.9 Å². The molecule has 0 spiro atoms. The molecule has 1 amide bonds. The van der Waals surface area contributed by atoms with Gasteiger partial charge in [0, 0.05) is 27.2 Å². The molecule has 3 heterocycles. The van der Waals surface area contributed by atoms with Crippen molar-refractivity contribution in [2.45, 2.75) is 39.5 Å². The number of hydrazone groups is 1. The van der Waals surface area contributed by atoms with Crippen LogP contribution in [0.3, 0.4) is 0 Å². The first-order valence-electron chi connectivity index (χ1n) is 11.4. The largest absolute Gasteiger partial charge is 0.493 e. The summed E-state index contributed by atoms with van der Waals surface area (Å²) in [5.74, 6) is -0.694. The molecule has 1 aromatic carbocycles. The number of carboxylic acid groups (broad SMARTS) is 1. The predicted octanol–water partition coefficient (Wildman–Crippen LogP) is 5.25. The zero-order chi connectivity index (χ0) is 24.7. The maximum atomic E-state index is 12.6. The number of aromatic nitrogens is 1. The molecule has 35 heavy (non-hydrogen) atoms. The molecule has 8 nitrogen and oxygen atoms in total. The van der Waals surface area contributed by atoms with Gasteiger partial charge in [0.1, 0.15) is 5.00 Å². The smallest absolute Gasteiger partial charge is 0.339 e. The highest BCUT2D eigenvalue weighted by molar-refractivity contribution is 7.15. The zero-order valence-corrected chi connectivity index (χ0v) is 20.5. The van der Waals surface area contributed by atoms with Crippen molar-refractivity contribution < 1.29 is 23.8 Å². The molecule has 5 rings (SSSR count). The van der Waals surface area contributed by atoms with Crippen molar-refractivity contribution >= 4 is 40.4 Å². The Morgan fingerprint density at radius 2 is 2.03 bits per heavy atom. The number of fused-ring (bicyclic) bond motifs is 2. The monoisotopic (exact) mass is 491 g/mol. The summed E-state index contributed by atoms with van der Waals surface area (Å²) in [5.41, 5.74) is 6.93. The van der Waals surface area contributed by atoms with Crippen LogP contribution in [0.5, 0.6) is 5.75 Å². The number of para-hydroxylation sites is 1. The second-order valence-electron chi connectivity index (χ2n) is 8.55. The molecule has 1 aliphatic rings. The Morgan fingerprint density at radius 1 is 1.23 bits per heavy atom. The Labute approximate surface area is 205 Å². The summed E-state index contributed by atoms with van der Waals surface area (Å²) in [6, 6.07) is 9.00. The van der Waals surface area contributed by atoms with E-state index in [-0.39, 0.29) is 5.76 Å². The van der Waals surface area contributed by atoms with E-state index in [2.05, 4.69) is 10.5 Å². The van der Waals surface area contributed by atoms with Crippen LogP contribution in [0.25, 0.3) is 16.0 Å². The summed E-state index contributed by atoms with van der Waals surface area (Å²) in [4.78, 5) is 25.9. The number of carboxylic acids is 1. The van der Waals surface area contributed by atoms with Gasteiger partial charge in [-0.15, -0.1) is 11.3 Å². The molecule has 0 bridgehead atoms. The van der Waals surface area contributed by atoms with Crippen LogP contribution < -0.4 is 10.2 Å². The van der Waals surface area contributed by atoms with Crippen LogP contribution in [0.15, 0.2) is 39.9 Å². The van der Waals surface area contributed by atoms with E-state index >= 15 is 0 Å². The molecular formula is C26H25N3O5S. The van der Waals surface area contributed by atoms with E-state index in [1.54, 1.807) is 36.8 Å². The maximum absolute atomic E-state index is 12.6. The molecular weight excluding hydrogens is 466 g/mol. The van der Waals surface area contributed by atoms with Gasteiger partial charge in [-0.2, -0.15) is 5.10 Å². The van der Waals surface area contributed by atoms with Gasteiger partial charge < -0.3 is 18.8 Å². The van der Waals surface area contributed by atoms with Crippen LogP contribution in [-0.2, 0) is 12.8 Å². The summed E-state index contributed by atoms with van der Waals surface area (Å²) in [6.07, 6.45) is 5.40. The summed E-state index contributed by atoms with van der Waals surface area (Å²) in [7, 11) is 1.54. The SMILES string of the molecule is COc1cccc2cc(C(=O)N/N=C\c3cc(C)n(-c4sc5c(c4C(=O)O)CCCC5)c3C)oc12. The molecule has 4 aromatic rings. The Morgan fingerprint density at radius 3 is 2.80 bits per heavy atom. The van der Waals surface area contributed by atoms with E-state index < -0.39 is 11.9 Å². The molecule has 1 aliphatic carbocycles. The molecule has 0 fully saturated rings. The Hall–Kier alpha value is -3.85. The number of carbonyl (C=O) groups is 2. The van der Waals surface area contributed by atoms with Crippen molar-refractivity contribution in [1.29, 1.82) is 0 Å². The molecule has 0 unspecified atom stereocenters. The Kier molecular flexibility index (Phi) is 5.94. The average Bonchev–Trinajstić information content (AvgIpc) is 3.51. The molecule has 0 atom stereocenters. The number of furan rings is 1. The van der Waals surface area contributed by atoms with Gasteiger partial charge in [0.25, 0.3) is 0 Å². The van der Waals surface area contributed by atoms with E-state index in [0.29, 0.717) is 16.9 Å². The van der Waals surface area contributed by atoms with Gasteiger partial charge in [0.05, 0.1) is 18.9 Å². The molecule has 3 aromatic heterocycles. The lowest BCUT2D eigenvalue weighted by Crippen LogP contribution is -2.16. The van der Waals surface area contributed by atoms with Gasteiger partial charge in [-0.05, 0) is 63.3 Å². The van der Waals surface area contributed by atoms with Gasteiger partial charge in [0.2, 0.25) is 0 Å². The number of hydrogen-bond donors (Lipinski definition) is 2. The van der Waals surface area contributed by atoms with Crippen molar-refractivity contribution in [3.05, 3.63) is 69.0 Å². The highest BCUT2D eigenvalue weighted by atomic mass is 32.1. The summed E-state index contributed by atoms with van der Waals surface area (Å²) in [5, 5.41) is 15.6. The standard InChI is InChI=1S/C26H25N3O5S/c1-14-11-17(13-27-28-24(30)20-12-16-7-6-9-19(33-3)23(16)34-20)15(2)29(14)25-22(26(31)32)18-8-4-5-10-21(18)35-25/h6-7,9,11-13H,4-5,8,10H2,1-3H3,(H,28,30)(H,31,32)/b27-13-. The third kappa shape index (κ3) is 4.01. The molecule has 2 N–H and O–H groups in total. The lowest BCUT2D eigenvalue weighted by molar-refractivity contribution is 0.0695. The minimum Gasteiger partial charge on any atom is -0.493 e. The van der Waals surface area contributed by atoms with E-state index in [4.69, 9.17) is 9.15 Å². The number of rotatable bonds is 6. The highest BCUT2D eigenvalue weighted by Gasteiger charge is 2.27. The number of carbonyl (C=O) groups excluding carboxylic acids is 1. The van der Waals surface area contributed by atoms with Crippen molar-refractivity contribution in [2.75, 3.05) is 7.11 Å². The summed E-state index contributed by atoms with van der Waals surface area (Å²) < 4.78 is 12.9. The van der Waals surface area contributed by atoms with Crippen LogP contribution in [0.4, 0.5) is 0 Å². The average molecular weight is 492 g/mol. The van der Waals surface area contributed by atoms with Crippen molar-refractivity contribution in [1.82, 2.24) is 9.99 Å². The lowest BCUT2D eigenvalue weighted by Gasteiger charge is -2.11. The fraction of sp³-hybridized carbons (Fsp3) is 0.269. The van der Waals surface area contributed by atoms with Gasteiger partial charge in [0.15, 0.2) is 17.1 Å². The predicted molar refractivity (Wildman–Crippen MR) is 135 cm³/mol. The summed E-state index contributed by atoms with van der Waals surface area (Å²) in [6.45, 7) is 3.86. The van der Waals surface area contributed by atoms with Crippen molar-refractivity contribution in [3.8, 4) is 10.8 Å². The lowest BCUT2D eigenvalue weighted by atomic mass is 9.95. The first-order chi connectivity index (χ1) is 16.9. The molecule has 180 valence electrons. The Balaban J connectivity index is 1.41. The van der Waals surface area contributed by atoms with Crippen LogP contribution in [-0.4, -0.2) is 34.9 Å². The number of nitrogens with one attached hydrogen (secondary N) is 1. The van der Waals surface area contributed by atoms with Crippen molar-refractivity contribution in [3.63, 3.8) is 0 Å². The number of thiophene rings is 1. The van der Waals surface area contributed by atoms with E-state index in [1.165, 1.54) is 4.88 Å². The molecule has 0 radical (unpaired) electrons. The van der Waals surface area contributed by atoms with Gasteiger partial charge in [-0.1, -0.05) is 12.1 Å². The van der Waals surface area contributed by atoms with Gasteiger partial charge in [-0.3, -0.25) is 4.79 Å². The fourth-order valence-electron chi connectivity index (χ4n) is 4.68. The number of aromatic carboxylic acids is 1. The molecule has 0 saturated carbocycles. The number of methoxy groups -OCH3 is 1. The molecule has 0 aliphatic heterocycles. The highest BCUT2D eigenvalue weighted by Crippen LogP contribution is 2.38. The first-order valence-corrected chi connectivity index (χ1v) is 12.2. The second-order valence-corrected chi connectivity index (χ2v) is 9.63. The van der Waals surface area contributed by atoms with Gasteiger partial charge in [-0.25, -0.2) is 10.2 Å². The van der Waals surface area contributed by atoms with E-state index in [0.717, 1.165) is 58.6 Å². The Bertz CT molecular complexity index is 1490. The third-order valence-electron chi connectivity index (χ3n) is 6.36. The van der Waals surface area contributed by atoms with Crippen LogP contribution in [0.2, 0.25) is 0 Å². The number of ether oxygens (including phenoxy) is 1. The fourth-order valence-corrected chi connectivity index (χ4v) is 6.18. The third-order valence-corrected chi connectivity index (χ3v) is 7.64. The van der Waals surface area contributed by atoms with E-state index in [9.17, 15) is 14.7 Å². The number of amides is 1. The topological polar surface area (TPSA) is 106 Å². The number of hydrogen-bond acceptors (Lipinski definition) is 6. The molecule has 0 saturated heterocycles. The number of nitrogens with zero attached hydrogens (tertiary/aromatic N) is 2. The minimum absolute atomic E-state index is 0.127. The van der Waals surface area contributed by atoms with Crippen LogP contribution in [0, 0.1) is 13.8 Å². The first kappa shape index (κ1) is 22.9.